The van der Waals surface area contributed by atoms with Gasteiger partial charge in [0, 0.05) is 0 Å². The van der Waals surface area contributed by atoms with Crippen molar-refractivity contribution in [2.45, 2.75) is 6.36 Å². The highest BCUT2D eigenvalue weighted by Gasteiger charge is 2.28. The summed E-state index contributed by atoms with van der Waals surface area (Å²) in [5, 5.41) is 8.49. The smallest absolute Gasteiger partial charge is 0.394 e. The van der Waals surface area contributed by atoms with E-state index in [4.69, 9.17) is 33.5 Å². The van der Waals surface area contributed by atoms with Crippen LogP contribution in [0.25, 0.3) is 0 Å². The van der Waals surface area contributed by atoms with Crippen molar-refractivity contribution in [1.82, 2.24) is 0 Å². The van der Waals surface area contributed by atoms with Crippen LogP contribution in [0.15, 0.2) is 0 Å². The highest BCUT2D eigenvalue weighted by molar-refractivity contribution is 4.37. The van der Waals surface area contributed by atoms with Gasteiger partial charge in [0.05, 0.1) is 92.5 Å². The summed E-state index contributed by atoms with van der Waals surface area (Å²) in [5.74, 6) is 0. The largest absolute Gasteiger partial charge is 0.522 e. The topological polar surface area (TPSA) is 84.8 Å². The van der Waals surface area contributed by atoms with E-state index in [1.54, 1.807) is 0 Å². The van der Waals surface area contributed by atoms with Gasteiger partial charge in [-0.05, 0) is 0 Å². The van der Waals surface area contributed by atoms with Gasteiger partial charge in [-0.2, -0.15) is 0 Å². The molecule has 0 aliphatic rings. The summed E-state index contributed by atoms with van der Waals surface area (Å²) in [6, 6.07) is 0. The van der Waals surface area contributed by atoms with Crippen LogP contribution in [0.5, 0.6) is 0 Å². The van der Waals surface area contributed by atoms with E-state index in [1.165, 1.54) is 0 Å². The molecule has 0 atom stereocenters. The lowest BCUT2D eigenvalue weighted by atomic mass is 10.6. The lowest BCUT2D eigenvalue weighted by Gasteiger charge is -2.09. The molecule has 0 unspecified atom stereocenters. The van der Waals surface area contributed by atoms with E-state index in [2.05, 4.69) is 4.74 Å². The number of hydrogen-bond donors (Lipinski definition) is 1. The van der Waals surface area contributed by atoms with Crippen molar-refractivity contribution >= 4 is 0 Å². The van der Waals surface area contributed by atoms with Crippen LogP contribution in [-0.4, -0.2) is 104 Å². The molecule has 0 aliphatic heterocycles. The number of ether oxygens (including phenoxy) is 7. The van der Waals surface area contributed by atoms with Gasteiger partial charge < -0.3 is 33.5 Å². The Hall–Kier alpha value is -0.530. The van der Waals surface area contributed by atoms with Gasteiger partial charge in [-0.25, -0.2) is 0 Å². The molecule has 8 nitrogen and oxygen atoms in total. The average Bonchev–Trinajstić information content (AvgIpc) is 2.59. The summed E-state index contributed by atoms with van der Waals surface area (Å²) in [4.78, 5) is 0. The zero-order chi connectivity index (χ0) is 19.3. The standard InChI is InChI=1S/C15H29F3O8/c16-15(17,18)26-14-13-25-12-11-24-10-9-23-8-7-22-6-5-21-4-3-20-2-1-19/h19H,1-14H2. The molecular formula is C15H29F3O8. The molecule has 0 fully saturated rings. The quantitative estimate of drug-likeness (QED) is 0.301. The van der Waals surface area contributed by atoms with E-state index < -0.39 is 13.0 Å². The van der Waals surface area contributed by atoms with Crippen LogP contribution < -0.4 is 0 Å². The van der Waals surface area contributed by atoms with Gasteiger partial charge in [0.25, 0.3) is 0 Å². The summed E-state index contributed by atoms with van der Waals surface area (Å²) in [6.07, 6.45) is -4.62. The Balaban J connectivity index is 3.01. The number of rotatable bonds is 20. The second kappa shape index (κ2) is 19.2. The second-order valence-electron chi connectivity index (χ2n) is 4.69. The Morgan fingerprint density at radius 2 is 0.731 bits per heavy atom. The third kappa shape index (κ3) is 23.5. The van der Waals surface area contributed by atoms with Gasteiger partial charge in [0.2, 0.25) is 0 Å². The minimum atomic E-state index is -4.62. The Morgan fingerprint density at radius 1 is 0.462 bits per heavy atom. The van der Waals surface area contributed by atoms with E-state index in [9.17, 15) is 13.2 Å². The van der Waals surface area contributed by atoms with Crippen molar-refractivity contribution in [3.8, 4) is 0 Å². The molecule has 0 aliphatic carbocycles. The summed E-state index contributed by atoms with van der Waals surface area (Å²) >= 11 is 0. The lowest BCUT2D eigenvalue weighted by molar-refractivity contribution is -0.327. The Bertz CT molecular complexity index is 282. The third-order valence-electron chi connectivity index (χ3n) is 2.59. The minimum Gasteiger partial charge on any atom is -0.394 e. The maximum Gasteiger partial charge on any atom is 0.522 e. The van der Waals surface area contributed by atoms with Crippen LogP contribution in [0.2, 0.25) is 0 Å². The number of hydrogen-bond acceptors (Lipinski definition) is 8. The fourth-order valence-electron chi connectivity index (χ4n) is 1.48. The zero-order valence-corrected chi connectivity index (χ0v) is 14.8. The Morgan fingerprint density at radius 3 is 1.00 bits per heavy atom. The highest BCUT2D eigenvalue weighted by atomic mass is 19.4. The normalized spacial score (nSPS) is 12.0. The second-order valence-corrected chi connectivity index (χ2v) is 4.69. The van der Waals surface area contributed by atoms with E-state index in [-0.39, 0.29) is 26.4 Å². The fourth-order valence-corrected chi connectivity index (χ4v) is 1.48. The first-order valence-corrected chi connectivity index (χ1v) is 8.34. The van der Waals surface area contributed by atoms with Crippen LogP contribution in [-0.2, 0) is 33.2 Å². The van der Waals surface area contributed by atoms with Crippen LogP contribution in [0.4, 0.5) is 13.2 Å². The van der Waals surface area contributed by atoms with Crippen molar-refractivity contribution in [3.05, 3.63) is 0 Å². The maximum atomic E-state index is 11.6. The van der Waals surface area contributed by atoms with Gasteiger partial charge in [-0.1, -0.05) is 0 Å². The molecule has 0 heterocycles. The molecule has 0 aromatic carbocycles. The fraction of sp³-hybridized carbons (Fsp3) is 1.00. The summed E-state index contributed by atoms with van der Waals surface area (Å²) in [6.45, 7) is 3.51. The first-order valence-electron chi connectivity index (χ1n) is 8.34. The van der Waals surface area contributed by atoms with Crippen LogP contribution in [0, 0.1) is 0 Å². The summed E-state index contributed by atoms with van der Waals surface area (Å²) < 4.78 is 69.4. The number of aliphatic hydroxyl groups excluding tert-OH is 1. The van der Waals surface area contributed by atoms with Crippen molar-refractivity contribution in [2.24, 2.45) is 0 Å². The molecule has 0 radical (unpaired) electrons. The zero-order valence-electron chi connectivity index (χ0n) is 14.8. The molecule has 0 amide bonds. The molecule has 0 saturated heterocycles. The Kier molecular flexibility index (Phi) is 18.8. The van der Waals surface area contributed by atoms with Gasteiger partial charge >= 0.3 is 6.36 Å². The molecule has 11 heteroatoms. The Labute approximate surface area is 151 Å². The van der Waals surface area contributed by atoms with Crippen molar-refractivity contribution in [3.63, 3.8) is 0 Å². The molecule has 1 N–H and O–H groups in total. The molecule has 26 heavy (non-hydrogen) atoms. The molecule has 0 aromatic rings. The first-order chi connectivity index (χ1) is 12.6. The molecule has 0 rings (SSSR count). The van der Waals surface area contributed by atoms with Crippen molar-refractivity contribution in [1.29, 1.82) is 0 Å². The van der Waals surface area contributed by atoms with E-state index >= 15 is 0 Å². The predicted octanol–water partition coefficient (Wildman–Crippen LogP) is 0.615. The van der Waals surface area contributed by atoms with E-state index in [0.29, 0.717) is 59.5 Å². The molecule has 0 bridgehead atoms. The van der Waals surface area contributed by atoms with Crippen LogP contribution in [0.3, 0.4) is 0 Å². The average molecular weight is 394 g/mol. The molecule has 158 valence electrons. The van der Waals surface area contributed by atoms with Gasteiger partial charge in [0.1, 0.15) is 0 Å². The van der Waals surface area contributed by atoms with Crippen LogP contribution in [0.1, 0.15) is 0 Å². The lowest BCUT2D eigenvalue weighted by Crippen LogP contribution is -2.18. The van der Waals surface area contributed by atoms with E-state index in [0.717, 1.165) is 0 Å². The summed E-state index contributed by atoms with van der Waals surface area (Å²) in [7, 11) is 0. The SMILES string of the molecule is OCCOCCOCCOCCOCCOCCOCCOC(F)(F)F. The molecule has 0 saturated carbocycles. The third-order valence-corrected chi connectivity index (χ3v) is 2.59. The van der Waals surface area contributed by atoms with Gasteiger partial charge in [0.15, 0.2) is 0 Å². The first kappa shape index (κ1) is 25.5. The molecule has 0 spiro atoms. The van der Waals surface area contributed by atoms with Crippen molar-refractivity contribution in [2.75, 3.05) is 92.5 Å². The van der Waals surface area contributed by atoms with E-state index in [1.807, 2.05) is 0 Å². The van der Waals surface area contributed by atoms with Crippen LogP contribution >= 0.6 is 0 Å². The monoisotopic (exact) mass is 394 g/mol. The highest BCUT2D eigenvalue weighted by Crippen LogP contribution is 2.15. The van der Waals surface area contributed by atoms with Crippen molar-refractivity contribution < 1.29 is 51.4 Å². The molecule has 0 aromatic heterocycles. The number of alkyl halides is 3. The van der Waals surface area contributed by atoms with Gasteiger partial charge in [-0.3, -0.25) is 4.74 Å². The van der Waals surface area contributed by atoms with Gasteiger partial charge in [-0.15, -0.1) is 13.2 Å². The number of aliphatic hydroxyl groups is 1. The number of halogens is 3. The minimum absolute atomic E-state index is 0.00270. The molecular weight excluding hydrogens is 365 g/mol. The predicted molar refractivity (Wildman–Crippen MR) is 84.0 cm³/mol. The maximum absolute atomic E-state index is 11.6. The summed E-state index contributed by atoms with van der Waals surface area (Å²) in [5.41, 5.74) is 0.